The maximum atomic E-state index is 5.08. The van der Waals surface area contributed by atoms with Crippen LogP contribution < -0.4 is 47.2 Å². The summed E-state index contributed by atoms with van der Waals surface area (Å²) < 4.78 is 0. The predicted octanol–water partition coefficient (Wildman–Crippen LogP) is 26.5. The van der Waals surface area contributed by atoms with Crippen LogP contribution in [0.5, 0.6) is 0 Å². The van der Waals surface area contributed by atoms with Gasteiger partial charge in [0, 0.05) is 185 Å². The Morgan fingerprint density at radius 3 is 0.580 bits per heavy atom. The molecule has 0 spiro atoms. The smallest absolute Gasteiger partial charge is 0.329 e. The van der Waals surface area contributed by atoms with Crippen LogP contribution in [0.15, 0.2) is 511 Å². The molecule has 0 saturated heterocycles. The molecule has 6 aliphatic heterocycles. The van der Waals surface area contributed by atoms with Gasteiger partial charge in [-0.3, -0.25) is 29.9 Å². The average molecular weight is 1910 g/mol. The summed E-state index contributed by atoms with van der Waals surface area (Å²) in [7, 11) is 0. The minimum atomic E-state index is 0.0373. The van der Waals surface area contributed by atoms with Crippen molar-refractivity contribution in [2.75, 3.05) is 14.4 Å². The lowest BCUT2D eigenvalue weighted by molar-refractivity contribution is 1.25. The summed E-state index contributed by atoms with van der Waals surface area (Å²) in [4.78, 5) is 64.0. The molecule has 12 aromatic carbocycles. The number of anilines is 6. The Hall–Kier alpha value is -20.0. The van der Waals surface area contributed by atoms with Gasteiger partial charge in [-0.05, 0) is 285 Å². The maximum absolute atomic E-state index is 5.08. The zero-order valence-corrected chi connectivity index (χ0v) is 80.9. The van der Waals surface area contributed by atoms with Crippen molar-refractivity contribution in [3.05, 3.63) is 511 Å². The minimum absolute atomic E-state index is 0.0373. The van der Waals surface area contributed by atoms with E-state index < -0.39 is 0 Å². The monoisotopic (exact) mass is 1910 g/mol. The number of pyridine rings is 12. The minimum Gasteiger partial charge on any atom is -0.376 e. The van der Waals surface area contributed by atoms with Crippen LogP contribution in [0.4, 0.5) is 34.1 Å². The van der Waals surface area contributed by atoms with Crippen molar-refractivity contribution in [2.45, 2.75) is 0 Å². The van der Waals surface area contributed by atoms with Gasteiger partial charge in [0.1, 0.15) is 0 Å². The number of fused-ring (bicyclic) bond motifs is 33. The lowest BCUT2D eigenvalue weighted by Crippen LogP contribution is -2.59. The molecule has 0 bridgehead atoms. The van der Waals surface area contributed by atoms with E-state index in [4.69, 9.17) is 29.9 Å². The van der Waals surface area contributed by atoms with Crippen molar-refractivity contribution in [3.8, 4) is 202 Å². The molecule has 0 amide bonds. The molecule has 18 heteroatoms. The van der Waals surface area contributed by atoms with Crippen LogP contribution in [-0.2, 0) is 0 Å². The molecule has 0 N–H and O–H groups in total. The standard InChI is InChI=1S/3C44H28BN5/c1-3-13-37-33(11-1)35-25-29(39-15-5-17-41(48-39)31-9-7-23-46-27-31)19-21-43(35)50-44-22-20-30(26-36(44)34-12-2-4-14-38(34)45(37)50)40-16-6-18-42(49-40)32-10-8-24-47-28-32;1-3-13-35-31(11-1)33-27-29(37-17-9-19-41(48-37)39-15-5-7-25-46-39)21-23-43(33)50-44-24-22-30(28-34(44)32-12-2-4-14-36(32)45(35)50)38-18-10-20-42(49-38)40-16-6-8-26-47-40;1-3-9-37-33(7-1)35-27-31(41-13-5-11-39(48-41)29-19-23-46-24-20-29)15-17-43(35)50-44-18-16-32(28-36(44)34-8-2-4-10-38(34)45(37)50)42-14-6-12-40(49-42)30-21-25-47-26-22-30/h3*1-28H. The fraction of sp³-hybridized carbons (Fsp3) is 0. The number of nitrogens with zero attached hydrogens (tertiary/aromatic N) is 15. The van der Waals surface area contributed by atoms with E-state index in [0.29, 0.717) is 0 Å². The van der Waals surface area contributed by atoms with Gasteiger partial charge in [-0.25, -0.2) is 29.9 Å². The Morgan fingerprint density at radius 1 is 0.133 bits per heavy atom. The van der Waals surface area contributed by atoms with E-state index >= 15 is 0 Å². The second-order valence-corrected chi connectivity index (χ2v) is 38.1. The zero-order chi connectivity index (χ0) is 99.1. The van der Waals surface area contributed by atoms with Crippen molar-refractivity contribution in [1.29, 1.82) is 0 Å². The number of rotatable bonds is 12. The number of hydrogen-bond donors (Lipinski definition) is 0. The highest BCUT2D eigenvalue weighted by atomic mass is 15.1. The maximum Gasteiger partial charge on any atom is 0.329 e. The molecule has 6 aliphatic rings. The van der Waals surface area contributed by atoms with Crippen LogP contribution in [0.25, 0.3) is 202 Å². The summed E-state index contributed by atoms with van der Waals surface area (Å²) in [6, 6.07) is 159. The number of benzene rings is 12. The van der Waals surface area contributed by atoms with Gasteiger partial charge in [-0.1, -0.05) is 231 Å². The highest BCUT2D eigenvalue weighted by Crippen LogP contribution is 2.53. The van der Waals surface area contributed by atoms with Crippen LogP contribution in [0.2, 0.25) is 0 Å². The van der Waals surface area contributed by atoms with E-state index in [0.717, 1.165) is 135 Å². The average Bonchev–Trinajstić information content (AvgIpc) is 0.711. The van der Waals surface area contributed by atoms with Crippen LogP contribution >= 0.6 is 0 Å². The zero-order valence-electron chi connectivity index (χ0n) is 80.9. The molecule has 0 fully saturated rings. The van der Waals surface area contributed by atoms with Gasteiger partial charge in [0.05, 0.1) is 79.7 Å². The summed E-state index contributed by atoms with van der Waals surface area (Å²) >= 11 is 0. The molecule has 0 atom stereocenters. The van der Waals surface area contributed by atoms with Crippen molar-refractivity contribution >= 4 is 87.4 Å². The second kappa shape index (κ2) is 37.3. The molecule has 24 aromatic rings. The topological polar surface area (TPSA) is 164 Å². The Morgan fingerprint density at radius 2 is 0.347 bits per heavy atom. The quantitative estimate of drug-likeness (QED) is 0.106. The van der Waals surface area contributed by atoms with Crippen LogP contribution in [0.3, 0.4) is 0 Å². The summed E-state index contributed by atoms with van der Waals surface area (Å²) in [5.74, 6) is 0. The molecule has 696 valence electrons. The summed E-state index contributed by atoms with van der Waals surface area (Å²) in [5.41, 5.74) is 52.8. The van der Waals surface area contributed by atoms with Gasteiger partial charge < -0.3 is 14.4 Å². The van der Waals surface area contributed by atoms with Crippen molar-refractivity contribution in [3.63, 3.8) is 0 Å². The first-order valence-electron chi connectivity index (χ1n) is 50.5. The van der Waals surface area contributed by atoms with E-state index in [9.17, 15) is 0 Å². The molecule has 30 rings (SSSR count). The highest BCUT2D eigenvalue weighted by molar-refractivity contribution is 6.94. The van der Waals surface area contributed by atoms with Gasteiger partial charge in [0.2, 0.25) is 0 Å². The molecule has 12 aromatic heterocycles. The summed E-state index contributed by atoms with van der Waals surface area (Å²) in [6.07, 6.45) is 18.2. The molecule has 0 aliphatic carbocycles. The normalized spacial score (nSPS) is 12.3. The van der Waals surface area contributed by atoms with Crippen molar-refractivity contribution in [2.24, 2.45) is 0 Å². The largest absolute Gasteiger partial charge is 0.376 e. The van der Waals surface area contributed by atoms with Gasteiger partial charge in [-0.2, -0.15) is 0 Å². The van der Waals surface area contributed by atoms with Crippen molar-refractivity contribution < 1.29 is 0 Å². The first-order valence-corrected chi connectivity index (χ1v) is 50.5. The summed E-state index contributed by atoms with van der Waals surface area (Å²) in [6.45, 7) is 0.119. The van der Waals surface area contributed by atoms with Gasteiger partial charge in [0.25, 0.3) is 0 Å². The molecule has 0 saturated carbocycles. The number of hydrogen-bond acceptors (Lipinski definition) is 15. The van der Waals surface area contributed by atoms with Crippen LogP contribution in [0, 0.1) is 0 Å². The number of aromatic nitrogens is 12. The van der Waals surface area contributed by atoms with E-state index in [1.54, 1.807) is 12.4 Å². The van der Waals surface area contributed by atoms with E-state index in [1.165, 1.54) is 134 Å². The van der Waals surface area contributed by atoms with E-state index in [1.807, 2.05) is 159 Å². The Bertz CT molecular complexity index is 8030. The Kier molecular flexibility index (Phi) is 21.9. The Labute approximate surface area is 868 Å². The highest BCUT2D eigenvalue weighted by Gasteiger charge is 2.47. The first kappa shape index (κ1) is 87.8. The van der Waals surface area contributed by atoms with Crippen LogP contribution in [0.1, 0.15) is 0 Å². The Balaban J connectivity index is 0.000000108. The van der Waals surface area contributed by atoms with Crippen LogP contribution in [-0.4, -0.2) is 80.4 Å². The van der Waals surface area contributed by atoms with Crippen molar-refractivity contribution in [1.82, 2.24) is 59.8 Å². The first-order chi connectivity index (χ1) is 74.4. The van der Waals surface area contributed by atoms with Gasteiger partial charge in [0.15, 0.2) is 0 Å². The second-order valence-electron chi connectivity index (χ2n) is 38.1. The molecule has 150 heavy (non-hydrogen) atoms. The van der Waals surface area contributed by atoms with E-state index in [2.05, 4.69) is 384 Å². The molecule has 18 heterocycles. The van der Waals surface area contributed by atoms with Gasteiger partial charge in [-0.15, -0.1) is 0 Å². The molecule has 15 nitrogen and oxygen atoms in total. The SMILES string of the molecule is c1cc(-c2ccncc2)nc(-c2ccc3c(c2)-c2ccccc2B2c4ccccc4-c4cc(-c5cccc(-c6ccncc6)n5)ccc4N23)c1.c1ccc(-c2cccc(-c3ccc4c(c3)-c3ccccc3B3c5ccccc5-c5cc(-c6cccc(-c7ccccn7)n6)ccc5N34)n2)nc1.c1cncc(-c2cccc(-c3ccc4c(c3)-c3ccccc3B3c5ccccc5-c5cc(-c6cccc(-c7cccnc7)n6)ccc5N34)n2)c1. The fourth-order valence-electron chi connectivity index (χ4n) is 22.8. The third kappa shape index (κ3) is 15.6. The third-order valence-electron chi connectivity index (χ3n) is 29.6. The third-order valence-corrected chi connectivity index (χ3v) is 29.6. The molecule has 0 radical (unpaired) electrons. The molecular weight excluding hydrogens is 1830 g/mol. The fourth-order valence-corrected chi connectivity index (χ4v) is 22.8. The van der Waals surface area contributed by atoms with E-state index in [-0.39, 0.29) is 20.5 Å². The molecule has 0 unspecified atom stereocenters. The lowest BCUT2D eigenvalue weighted by atomic mass is 9.43. The predicted molar refractivity (Wildman–Crippen MR) is 612 cm³/mol. The lowest BCUT2D eigenvalue weighted by Gasteiger charge is -2.43. The summed E-state index contributed by atoms with van der Waals surface area (Å²) in [5, 5.41) is 0. The molecular formula is C132H84B3N15. The van der Waals surface area contributed by atoms with Gasteiger partial charge >= 0.3 is 20.5 Å².